The number of nitrogens with zero attached hydrogens (tertiary/aromatic N) is 6. The fraction of sp³-hybridized carbons (Fsp3) is 0.778. The summed E-state index contributed by atoms with van der Waals surface area (Å²) in [6.07, 6.45) is -11.0. The monoisotopic (exact) mass is 752 g/mol. The predicted molar refractivity (Wildman–Crippen MR) is 176 cm³/mol. The second kappa shape index (κ2) is 19.7. The molecular formula is C27H52N8O13Si2. The lowest BCUT2D eigenvalue weighted by molar-refractivity contribution is -0.149. The number of aryl methyl sites for hydroxylation is 2. The molecule has 13 N–H and O–H groups in total. The second-order valence-electron chi connectivity index (χ2n) is 13.1. The van der Waals surface area contributed by atoms with Gasteiger partial charge in [-0.15, -0.1) is 10.2 Å². The van der Waals surface area contributed by atoms with Crippen LogP contribution in [-0.4, -0.2) is 175 Å². The zero-order valence-corrected chi connectivity index (χ0v) is 30.3. The summed E-state index contributed by atoms with van der Waals surface area (Å²) in [6, 6.07) is 1.43. The molecule has 9 unspecified atom stereocenters. The van der Waals surface area contributed by atoms with Gasteiger partial charge < -0.3 is 66.5 Å². The van der Waals surface area contributed by atoms with E-state index in [0.29, 0.717) is 36.9 Å². The fourth-order valence-electron chi connectivity index (χ4n) is 4.85. The van der Waals surface area contributed by atoms with Gasteiger partial charge >= 0.3 is 0 Å². The van der Waals surface area contributed by atoms with Crippen molar-refractivity contribution >= 4 is 27.2 Å². The molecule has 2 amide bonds. The predicted octanol–water partition coefficient (Wildman–Crippen LogP) is -6.19. The Morgan fingerprint density at radius 2 is 1.06 bits per heavy atom. The van der Waals surface area contributed by atoms with Crippen LogP contribution in [-0.2, 0) is 35.8 Å². The number of aliphatic hydroxyl groups excluding tert-OH is 10. The highest BCUT2D eigenvalue weighted by atomic mass is 29.3. The van der Waals surface area contributed by atoms with Gasteiger partial charge in [0.05, 0.1) is 46.3 Å². The molecule has 0 bridgehead atoms. The maximum atomic E-state index is 12.1. The van der Waals surface area contributed by atoms with Crippen LogP contribution in [0.15, 0.2) is 12.4 Å². The van der Waals surface area contributed by atoms with Crippen molar-refractivity contribution in [1.82, 2.24) is 40.6 Å². The van der Waals surface area contributed by atoms with Gasteiger partial charge in [-0.2, -0.15) is 0 Å². The van der Waals surface area contributed by atoms with Crippen LogP contribution >= 0.6 is 0 Å². The lowest BCUT2D eigenvalue weighted by atomic mass is 10.0. The van der Waals surface area contributed by atoms with Crippen LogP contribution in [0, 0.1) is 0 Å². The Hall–Kier alpha value is -2.79. The molecule has 2 aromatic heterocycles. The van der Waals surface area contributed by atoms with Crippen LogP contribution < -0.4 is 10.6 Å². The van der Waals surface area contributed by atoms with Crippen LogP contribution in [0.1, 0.15) is 24.2 Å². The molecule has 0 aliphatic rings. The molecule has 0 saturated carbocycles. The quantitative estimate of drug-likeness (QED) is 0.0470. The van der Waals surface area contributed by atoms with E-state index in [0.717, 1.165) is 12.5 Å². The van der Waals surface area contributed by atoms with E-state index in [1.807, 2.05) is 6.55 Å². The third-order valence-corrected chi connectivity index (χ3v) is 24.9. The van der Waals surface area contributed by atoms with Crippen LogP contribution in [0.2, 0.25) is 31.7 Å². The minimum atomic E-state index is -2.62. The maximum Gasteiger partial charge on any atom is 0.251 e. The van der Waals surface area contributed by atoms with Crippen LogP contribution in [0.5, 0.6) is 0 Å². The van der Waals surface area contributed by atoms with Crippen LogP contribution in [0.3, 0.4) is 0 Å². The molecule has 0 aliphatic heterocycles. The molecule has 286 valence electrons. The Balaban J connectivity index is 1.76. The van der Waals surface area contributed by atoms with Crippen molar-refractivity contribution in [2.24, 2.45) is 0 Å². The number of aromatic nitrogens is 6. The average molecular weight is 753 g/mol. The van der Waals surface area contributed by atoms with Gasteiger partial charge in [0.15, 0.2) is 20.0 Å². The first-order valence-corrected chi connectivity index (χ1v) is 22.9. The first-order valence-electron chi connectivity index (χ1n) is 16.1. The van der Waals surface area contributed by atoms with Gasteiger partial charge in [0.2, 0.25) is 0 Å². The largest absolute Gasteiger partial charge is 0.435 e. The SMILES string of the molecule is C[Si](C)(CCCn1cc(CNC(=O)C(O)C(O)C(O)C(O)CO)nn1)[Si](C)(O)CCCn1cc(CNC(=O)C(O)C(O)C(O)C(O)CO)nn1. The molecule has 2 rings (SSSR count). The number of aliphatic hydroxyl groups is 10. The molecule has 0 aromatic carbocycles. The topological polar surface area (TPSA) is 342 Å². The van der Waals surface area contributed by atoms with Gasteiger partial charge in [-0.1, -0.05) is 29.6 Å². The van der Waals surface area contributed by atoms with Crippen molar-refractivity contribution in [3.05, 3.63) is 23.8 Å². The highest BCUT2D eigenvalue weighted by molar-refractivity contribution is 7.38. The number of rotatable bonds is 23. The molecule has 0 aliphatic carbocycles. The molecule has 0 fully saturated rings. The highest BCUT2D eigenvalue weighted by Crippen LogP contribution is 2.27. The van der Waals surface area contributed by atoms with Gasteiger partial charge in [0, 0.05) is 13.1 Å². The van der Waals surface area contributed by atoms with Crippen molar-refractivity contribution in [2.45, 2.75) is 120 Å². The van der Waals surface area contributed by atoms with Crippen LogP contribution in [0.4, 0.5) is 0 Å². The van der Waals surface area contributed by atoms with Gasteiger partial charge in [-0.25, -0.2) is 0 Å². The first-order chi connectivity index (χ1) is 23.3. The molecule has 9 atom stereocenters. The minimum absolute atomic E-state index is 0.124. The van der Waals surface area contributed by atoms with E-state index in [-0.39, 0.29) is 13.1 Å². The third kappa shape index (κ3) is 12.5. The molecular weight excluding hydrogens is 701 g/mol. The zero-order chi connectivity index (χ0) is 37.8. The summed E-state index contributed by atoms with van der Waals surface area (Å²) in [5.41, 5.74) is 0.735. The number of nitrogens with one attached hydrogen (secondary N) is 2. The maximum absolute atomic E-state index is 12.1. The van der Waals surface area contributed by atoms with E-state index in [1.54, 1.807) is 21.8 Å². The lowest BCUT2D eigenvalue weighted by Crippen LogP contribution is -2.57. The number of hydrogen-bond donors (Lipinski definition) is 13. The van der Waals surface area contributed by atoms with E-state index in [4.69, 9.17) is 10.2 Å². The van der Waals surface area contributed by atoms with Crippen molar-refractivity contribution in [1.29, 1.82) is 0 Å². The highest BCUT2D eigenvalue weighted by Gasteiger charge is 2.43. The summed E-state index contributed by atoms with van der Waals surface area (Å²) < 4.78 is 3.15. The van der Waals surface area contributed by atoms with Gasteiger partial charge in [-0.3, -0.25) is 19.0 Å². The van der Waals surface area contributed by atoms with Crippen molar-refractivity contribution < 1.29 is 65.5 Å². The molecule has 2 heterocycles. The Bertz CT molecular complexity index is 1240. The van der Waals surface area contributed by atoms with Crippen molar-refractivity contribution in [3.8, 4) is 0 Å². The van der Waals surface area contributed by atoms with Gasteiger partial charge in [0.1, 0.15) is 48.0 Å². The molecule has 0 saturated heterocycles. The van der Waals surface area contributed by atoms with E-state index in [2.05, 4.69) is 44.4 Å². The average Bonchev–Trinajstić information content (AvgIpc) is 3.75. The number of carbonyl (C=O) groups excluding carboxylic acids is 2. The fourth-order valence-corrected chi connectivity index (χ4v) is 12.7. The lowest BCUT2D eigenvalue weighted by Gasteiger charge is -2.36. The molecule has 21 nitrogen and oxygen atoms in total. The van der Waals surface area contributed by atoms with E-state index >= 15 is 0 Å². The first kappa shape index (κ1) is 43.4. The number of amides is 2. The smallest absolute Gasteiger partial charge is 0.251 e. The number of hydrogen-bond acceptors (Lipinski definition) is 17. The third-order valence-electron chi connectivity index (χ3n) is 8.80. The second-order valence-corrected chi connectivity index (χ2v) is 27.7. The molecule has 0 spiro atoms. The molecule has 50 heavy (non-hydrogen) atoms. The van der Waals surface area contributed by atoms with Crippen molar-refractivity contribution in [3.63, 3.8) is 0 Å². The summed E-state index contributed by atoms with van der Waals surface area (Å²) in [4.78, 5) is 35.8. The Kier molecular flexibility index (Phi) is 17.1. The zero-order valence-electron chi connectivity index (χ0n) is 28.3. The van der Waals surface area contributed by atoms with E-state index in [9.17, 15) is 55.2 Å². The van der Waals surface area contributed by atoms with Crippen LogP contribution in [0.25, 0.3) is 0 Å². The molecule has 2 aromatic rings. The van der Waals surface area contributed by atoms with E-state index < -0.39 is 89.3 Å². The van der Waals surface area contributed by atoms with E-state index in [1.165, 1.54) is 0 Å². The summed E-state index contributed by atoms with van der Waals surface area (Å²) in [5.74, 6) is -2.04. The molecule has 0 radical (unpaired) electrons. The summed E-state index contributed by atoms with van der Waals surface area (Å²) in [7, 11) is -4.68. The summed E-state index contributed by atoms with van der Waals surface area (Å²) >= 11 is 0. The minimum Gasteiger partial charge on any atom is -0.435 e. The Labute approximate surface area is 289 Å². The number of carbonyl (C=O) groups is 2. The summed E-state index contributed by atoms with van der Waals surface area (Å²) in [5, 5.41) is 116. The Morgan fingerprint density at radius 3 is 1.44 bits per heavy atom. The standard InChI is InChI=1S/C27H52N8O13Si2/c1-49(2,8-4-6-34-12-16(30-32-34)10-28-26(46)24(44)22(42)20(40)18(38)14-36)50(3,48)9-5-7-35-13-17(31-33-35)11-29-27(47)25(45)23(43)21(41)19(39)15-37/h12-13,18-25,36-45,48H,4-11,14-15H2,1-3H3,(H,28,46)(H,29,47). The van der Waals surface area contributed by atoms with Crippen molar-refractivity contribution in [2.75, 3.05) is 13.2 Å². The van der Waals surface area contributed by atoms with Gasteiger partial charge in [-0.05, 0) is 25.4 Å². The normalized spacial score (nSPS) is 18.3. The van der Waals surface area contributed by atoms with Gasteiger partial charge in [0.25, 0.3) is 11.8 Å². The summed E-state index contributed by atoms with van der Waals surface area (Å²) in [6.45, 7) is 5.20. The molecule has 23 heteroatoms. The Morgan fingerprint density at radius 1 is 0.680 bits per heavy atom.